The highest BCUT2D eigenvalue weighted by Crippen LogP contribution is 2.16. The van der Waals surface area contributed by atoms with Crippen LogP contribution >= 0.6 is 0 Å². The molecule has 0 saturated carbocycles. The minimum atomic E-state index is -0.671. The summed E-state index contributed by atoms with van der Waals surface area (Å²) in [6, 6.07) is -0.0699. The van der Waals surface area contributed by atoms with Crippen molar-refractivity contribution in [3.63, 3.8) is 0 Å². The zero-order valence-electron chi connectivity index (χ0n) is 10.1. The summed E-state index contributed by atoms with van der Waals surface area (Å²) < 4.78 is 0. The molecule has 1 aliphatic rings. The minimum Gasteiger partial charge on any atom is -0.337 e. The molecule has 4 N–H and O–H groups in total. The van der Waals surface area contributed by atoms with Gasteiger partial charge in [0.25, 0.3) is 11.5 Å². The maximum absolute atomic E-state index is 12.2. The van der Waals surface area contributed by atoms with Gasteiger partial charge in [0.15, 0.2) is 0 Å². The summed E-state index contributed by atoms with van der Waals surface area (Å²) in [5.74, 6) is -0.0888. The van der Waals surface area contributed by atoms with Gasteiger partial charge in [-0.3, -0.25) is 14.6 Å². The van der Waals surface area contributed by atoms with E-state index in [4.69, 9.17) is 5.73 Å². The first-order valence-corrected chi connectivity index (χ1v) is 5.84. The number of carbonyl (C=O) groups is 1. The molecule has 1 aromatic rings. The average Bonchev–Trinajstić information content (AvgIpc) is 2.26. The molecule has 2 unspecified atom stereocenters. The van der Waals surface area contributed by atoms with Crippen LogP contribution in [0.25, 0.3) is 0 Å². The Hall–Kier alpha value is -1.89. The Morgan fingerprint density at radius 3 is 2.78 bits per heavy atom. The smallest absolute Gasteiger partial charge is 0.325 e. The van der Waals surface area contributed by atoms with E-state index in [-0.39, 0.29) is 11.6 Å². The molecule has 0 aromatic carbocycles. The minimum absolute atomic E-state index is 0.0594. The third-order valence-electron chi connectivity index (χ3n) is 3.03. The number of aromatic amines is 2. The molecule has 0 bridgehead atoms. The molecular weight excluding hydrogens is 236 g/mol. The van der Waals surface area contributed by atoms with Gasteiger partial charge >= 0.3 is 5.69 Å². The van der Waals surface area contributed by atoms with Gasteiger partial charge in [-0.2, -0.15) is 0 Å². The average molecular weight is 252 g/mol. The molecule has 1 fully saturated rings. The van der Waals surface area contributed by atoms with Gasteiger partial charge in [-0.25, -0.2) is 4.79 Å². The van der Waals surface area contributed by atoms with Crippen LogP contribution in [0.2, 0.25) is 0 Å². The first kappa shape index (κ1) is 12.6. The van der Waals surface area contributed by atoms with Crippen LogP contribution in [0.5, 0.6) is 0 Å². The summed E-state index contributed by atoms with van der Waals surface area (Å²) in [6.45, 7) is 3.02. The lowest BCUT2D eigenvalue weighted by Crippen LogP contribution is -2.50. The molecule has 7 nitrogen and oxygen atoms in total. The van der Waals surface area contributed by atoms with Crippen molar-refractivity contribution in [2.24, 2.45) is 11.7 Å². The second-order valence-corrected chi connectivity index (χ2v) is 4.80. The number of nitrogens with two attached hydrogens (primary N) is 1. The van der Waals surface area contributed by atoms with Crippen LogP contribution in [0, 0.1) is 5.92 Å². The van der Waals surface area contributed by atoms with E-state index >= 15 is 0 Å². The largest absolute Gasteiger partial charge is 0.337 e. The normalized spacial score (nSPS) is 24.0. The van der Waals surface area contributed by atoms with Crippen molar-refractivity contribution in [1.82, 2.24) is 14.9 Å². The fraction of sp³-hybridized carbons (Fsp3) is 0.545. The lowest BCUT2D eigenvalue weighted by atomic mass is 9.96. The van der Waals surface area contributed by atoms with E-state index in [0.29, 0.717) is 19.0 Å². The van der Waals surface area contributed by atoms with Crippen molar-refractivity contribution < 1.29 is 4.79 Å². The highest BCUT2D eigenvalue weighted by molar-refractivity contribution is 5.93. The van der Waals surface area contributed by atoms with Crippen LogP contribution in [0.3, 0.4) is 0 Å². The van der Waals surface area contributed by atoms with E-state index < -0.39 is 17.2 Å². The third kappa shape index (κ3) is 2.51. The van der Waals surface area contributed by atoms with Gasteiger partial charge in [0, 0.05) is 25.3 Å². The molecule has 18 heavy (non-hydrogen) atoms. The van der Waals surface area contributed by atoms with Gasteiger partial charge in [0.1, 0.15) is 5.56 Å². The Morgan fingerprint density at radius 2 is 2.17 bits per heavy atom. The van der Waals surface area contributed by atoms with E-state index in [1.807, 2.05) is 11.9 Å². The summed E-state index contributed by atoms with van der Waals surface area (Å²) in [5, 5.41) is 0. The summed E-state index contributed by atoms with van der Waals surface area (Å²) in [6.07, 6.45) is 2.01. The number of amides is 1. The molecule has 7 heteroatoms. The SMILES string of the molecule is CC1CC(N)CN(C(=O)c2c[nH]c(=O)[nH]c2=O)C1. The van der Waals surface area contributed by atoms with E-state index in [1.54, 1.807) is 4.90 Å². The quantitative estimate of drug-likeness (QED) is 0.587. The van der Waals surface area contributed by atoms with Crippen molar-refractivity contribution >= 4 is 5.91 Å². The van der Waals surface area contributed by atoms with Gasteiger partial charge in [-0.05, 0) is 12.3 Å². The third-order valence-corrected chi connectivity index (χ3v) is 3.03. The lowest BCUT2D eigenvalue weighted by Gasteiger charge is -2.34. The molecule has 1 aliphatic heterocycles. The highest BCUT2D eigenvalue weighted by Gasteiger charge is 2.27. The first-order valence-electron chi connectivity index (χ1n) is 5.84. The van der Waals surface area contributed by atoms with Gasteiger partial charge in [-0.15, -0.1) is 0 Å². The lowest BCUT2D eigenvalue weighted by molar-refractivity contribution is 0.0658. The molecule has 0 aliphatic carbocycles. The molecule has 2 atom stereocenters. The number of hydrogen-bond donors (Lipinski definition) is 3. The van der Waals surface area contributed by atoms with E-state index in [9.17, 15) is 14.4 Å². The molecule has 2 heterocycles. The number of likely N-dealkylation sites (tertiary alicyclic amines) is 1. The van der Waals surface area contributed by atoms with Crippen LogP contribution in [0.1, 0.15) is 23.7 Å². The molecule has 1 saturated heterocycles. The molecule has 98 valence electrons. The molecule has 0 spiro atoms. The van der Waals surface area contributed by atoms with E-state index in [0.717, 1.165) is 12.6 Å². The number of hydrogen-bond acceptors (Lipinski definition) is 4. The molecule has 2 rings (SSSR count). The maximum Gasteiger partial charge on any atom is 0.325 e. The van der Waals surface area contributed by atoms with Crippen molar-refractivity contribution in [1.29, 1.82) is 0 Å². The predicted molar refractivity (Wildman–Crippen MR) is 65.3 cm³/mol. The van der Waals surface area contributed by atoms with Crippen LogP contribution < -0.4 is 17.0 Å². The molecule has 0 radical (unpaired) electrons. The molecule has 1 aromatic heterocycles. The van der Waals surface area contributed by atoms with Gasteiger partial charge < -0.3 is 15.6 Å². The first-order chi connectivity index (χ1) is 8.47. The van der Waals surface area contributed by atoms with Crippen molar-refractivity contribution in [3.05, 3.63) is 32.6 Å². The number of nitrogens with zero attached hydrogens (tertiary/aromatic N) is 1. The van der Waals surface area contributed by atoms with Gasteiger partial charge in [0.05, 0.1) is 0 Å². The fourth-order valence-corrected chi connectivity index (χ4v) is 2.30. The summed E-state index contributed by atoms with van der Waals surface area (Å²) in [5.41, 5.74) is 4.50. The fourth-order valence-electron chi connectivity index (χ4n) is 2.30. The maximum atomic E-state index is 12.2. The second kappa shape index (κ2) is 4.77. The van der Waals surface area contributed by atoms with Crippen LogP contribution in [-0.4, -0.2) is 39.9 Å². The zero-order chi connectivity index (χ0) is 13.3. The van der Waals surface area contributed by atoms with Crippen LogP contribution in [-0.2, 0) is 0 Å². The standard InChI is InChI=1S/C11H16N4O3/c1-6-2-7(12)5-15(4-6)10(17)8-3-13-11(18)14-9(8)16/h3,6-7H,2,4-5,12H2,1H3,(H2,13,14,16,18). The van der Waals surface area contributed by atoms with Crippen molar-refractivity contribution in [2.45, 2.75) is 19.4 Å². The second-order valence-electron chi connectivity index (χ2n) is 4.80. The number of piperidine rings is 1. The monoisotopic (exact) mass is 252 g/mol. The zero-order valence-corrected chi connectivity index (χ0v) is 10.1. The van der Waals surface area contributed by atoms with Crippen LogP contribution in [0.4, 0.5) is 0 Å². The van der Waals surface area contributed by atoms with Crippen molar-refractivity contribution in [2.75, 3.05) is 13.1 Å². The van der Waals surface area contributed by atoms with Crippen LogP contribution in [0.15, 0.2) is 15.8 Å². The Labute approximate surface area is 103 Å². The number of nitrogens with one attached hydrogen (secondary N) is 2. The topological polar surface area (TPSA) is 112 Å². The molecule has 1 amide bonds. The Bertz CT molecular complexity index is 552. The van der Waals surface area contributed by atoms with Gasteiger partial charge in [0.2, 0.25) is 0 Å². The Balaban J connectivity index is 2.25. The number of aromatic nitrogens is 2. The summed E-state index contributed by atoms with van der Waals surface area (Å²) in [4.78, 5) is 40.5. The number of H-pyrrole nitrogens is 2. The van der Waals surface area contributed by atoms with E-state index in [2.05, 4.69) is 4.98 Å². The van der Waals surface area contributed by atoms with E-state index in [1.165, 1.54) is 0 Å². The number of rotatable bonds is 1. The Kier molecular flexibility index (Phi) is 3.33. The predicted octanol–water partition coefficient (Wildman–Crippen LogP) is -1.13. The molecular formula is C11H16N4O3. The Morgan fingerprint density at radius 1 is 1.44 bits per heavy atom. The van der Waals surface area contributed by atoms with Gasteiger partial charge in [-0.1, -0.05) is 6.92 Å². The summed E-state index contributed by atoms with van der Waals surface area (Å²) >= 11 is 0. The number of carbonyl (C=O) groups excluding carboxylic acids is 1. The van der Waals surface area contributed by atoms with Crippen molar-refractivity contribution in [3.8, 4) is 0 Å². The summed E-state index contributed by atoms with van der Waals surface area (Å²) in [7, 11) is 0. The highest BCUT2D eigenvalue weighted by atomic mass is 16.2.